The quantitative estimate of drug-likeness (QED) is 0.421. The summed E-state index contributed by atoms with van der Waals surface area (Å²) in [4.78, 5) is 4.44. The number of fused-ring (bicyclic) bond motifs is 1. The summed E-state index contributed by atoms with van der Waals surface area (Å²) in [6.07, 6.45) is 17.1. The van der Waals surface area contributed by atoms with Crippen LogP contribution in [0.1, 0.15) is 76.7 Å². The van der Waals surface area contributed by atoms with Gasteiger partial charge in [0.1, 0.15) is 0 Å². The van der Waals surface area contributed by atoms with E-state index in [-0.39, 0.29) is 0 Å². The standard InChI is InChI=1S/C21H31N/c1-2-3-4-5-6-7-8-9-10-11-14-19-15-12-17-21-20(19)16-13-18-22-21/h12-13,15-18H,2-11,14H2,1H3. The molecule has 120 valence electrons. The highest BCUT2D eigenvalue weighted by molar-refractivity contribution is 5.81. The molecule has 0 atom stereocenters. The molecule has 1 heteroatoms. The van der Waals surface area contributed by atoms with E-state index in [2.05, 4.69) is 36.2 Å². The van der Waals surface area contributed by atoms with Gasteiger partial charge in [0, 0.05) is 11.6 Å². The first-order valence-electron chi connectivity index (χ1n) is 9.24. The normalized spacial score (nSPS) is 11.1. The van der Waals surface area contributed by atoms with E-state index in [0.29, 0.717) is 0 Å². The second-order valence-corrected chi connectivity index (χ2v) is 6.42. The number of hydrogen-bond acceptors (Lipinski definition) is 1. The summed E-state index contributed by atoms with van der Waals surface area (Å²) >= 11 is 0. The number of aryl methyl sites for hydroxylation is 1. The molecule has 0 spiro atoms. The molecule has 1 aromatic carbocycles. The Morgan fingerprint density at radius 3 is 2.14 bits per heavy atom. The van der Waals surface area contributed by atoms with Crippen molar-refractivity contribution in [2.24, 2.45) is 0 Å². The maximum atomic E-state index is 4.44. The van der Waals surface area contributed by atoms with E-state index in [1.54, 1.807) is 0 Å². The molecule has 0 aliphatic heterocycles. The molecule has 1 heterocycles. The Morgan fingerprint density at radius 1 is 0.727 bits per heavy atom. The van der Waals surface area contributed by atoms with Crippen LogP contribution in [-0.2, 0) is 6.42 Å². The summed E-state index contributed by atoms with van der Waals surface area (Å²) in [5, 5.41) is 1.33. The Hall–Kier alpha value is -1.37. The van der Waals surface area contributed by atoms with E-state index in [0.717, 1.165) is 5.52 Å². The fraction of sp³-hybridized carbons (Fsp3) is 0.571. The molecule has 0 N–H and O–H groups in total. The highest BCUT2D eigenvalue weighted by atomic mass is 14.6. The summed E-state index contributed by atoms with van der Waals surface area (Å²) in [5.41, 5.74) is 2.59. The molecule has 0 aliphatic carbocycles. The second-order valence-electron chi connectivity index (χ2n) is 6.42. The van der Waals surface area contributed by atoms with Crippen LogP contribution in [0, 0.1) is 0 Å². The zero-order valence-corrected chi connectivity index (χ0v) is 14.2. The van der Waals surface area contributed by atoms with E-state index >= 15 is 0 Å². The monoisotopic (exact) mass is 297 g/mol. The third-order valence-electron chi connectivity index (χ3n) is 4.54. The second kappa shape index (κ2) is 10.4. The number of nitrogens with zero attached hydrogens (tertiary/aromatic N) is 1. The van der Waals surface area contributed by atoms with Gasteiger partial charge in [-0.2, -0.15) is 0 Å². The van der Waals surface area contributed by atoms with Crippen molar-refractivity contribution in [2.75, 3.05) is 0 Å². The molecule has 0 saturated heterocycles. The number of pyridine rings is 1. The predicted octanol–water partition coefficient (Wildman–Crippen LogP) is 6.70. The Bertz CT molecular complexity index is 527. The van der Waals surface area contributed by atoms with Crippen molar-refractivity contribution in [2.45, 2.75) is 77.6 Å². The van der Waals surface area contributed by atoms with Crippen molar-refractivity contribution in [3.63, 3.8) is 0 Å². The molecule has 22 heavy (non-hydrogen) atoms. The third kappa shape index (κ3) is 5.79. The van der Waals surface area contributed by atoms with Crippen LogP contribution in [0.15, 0.2) is 36.5 Å². The predicted molar refractivity (Wildman–Crippen MR) is 97.3 cm³/mol. The summed E-state index contributed by atoms with van der Waals surface area (Å²) in [7, 11) is 0. The van der Waals surface area contributed by atoms with E-state index in [1.165, 1.54) is 81.6 Å². The first kappa shape index (κ1) is 17.0. The van der Waals surface area contributed by atoms with Crippen molar-refractivity contribution < 1.29 is 0 Å². The van der Waals surface area contributed by atoms with Crippen LogP contribution in [0.5, 0.6) is 0 Å². The van der Waals surface area contributed by atoms with Crippen molar-refractivity contribution in [3.8, 4) is 0 Å². The zero-order valence-electron chi connectivity index (χ0n) is 14.2. The van der Waals surface area contributed by atoms with Crippen LogP contribution >= 0.6 is 0 Å². The van der Waals surface area contributed by atoms with Gasteiger partial charge in [-0.3, -0.25) is 4.98 Å². The summed E-state index contributed by atoms with van der Waals surface area (Å²) < 4.78 is 0. The maximum absolute atomic E-state index is 4.44. The number of hydrogen-bond donors (Lipinski definition) is 0. The smallest absolute Gasteiger partial charge is 0.0704 e. The average molecular weight is 297 g/mol. The molecule has 0 aliphatic rings. The fourth-order valence-electron chi connectivity index (χ4n) is 3.19. The molecule has 1 nitrogen and oxygen atoms in total. The van der Waals surface area contributed by atoms with Gasteiger partial charge < -0.3 is 0 Å². The zero-order chi connectivity index (χ0) is 15.5. The lowest BCUT2D eigenvalue weighted by atomic mass is 10.0. The fourth-order valence-corrected chi connectivity index (χ4v) is 3.19. The van der Waals surface area contributed by atoms with Gasteiger partial charge in [0.15, 0.2) is 0 Å². The van der Waals surface area contributed by atoms with Gasteiger partial charge in [0.05, 0.1) is 5.52 Å². The van der Waals surface area contributed by atoms with E-state index in [1.807, 2.05) is 12.3 Å². The van der Waals surface area contributed by atoms with Crippen molar-refractivity contribution >= 4 is 10.9 Å². The molecule has 0 bridgehead atoms. The van der Waals surface area contributed by atoms with Crippen LogP contribution < -0.4 is 0 Å². The Morgan fingerprint density at radius 2 is 1.41 bits per heavy atom. The number of rotatable bonds is 11. The molecule has 0 radical (unpaired) electrons. The van der Waals surface area contributed by atoms with E-state index in [9.17, 15) is 0 Å². The van der Waals surface area contributed by atoms with Gasteiger partial charge in [-0.05, 0) is 30.5 Å². The van der Waals surface area contributed by atoms with Crippen LogP contribution in [0.3, 0.4) is 0 Å². The SMILES string of the molecule is CCCCCCCCCCCCc1cccc2ncccc12. The lowest BCUT2D eigenvalue weighted by molar-refractivity contribution is 0.556. The highest BCUT2D eigenvalue weighted by Crippen LogP contribution is 2.19. The average Bonchev–Trinajstić information content (AvgIpc) is 2.56. The summed E-state index contributed by atoms with van der Waals surface area (Å²) in [5.74, 6) is 0. The van der Waals surface area contributed by atoms with Crippen LogP contribution in [0.2, 0.25) is 0 Å². The van der Waals surface area contributed by atoms with Crippen LogP contribution in [-0.4, -0.2) is 4.98 Å². The van der Waals surface area contributed by atoms with Gasteiger partial charge in [-0.25, -0.2) is 0 Å². The van der Waals surface area contributed by atoms with Crippen molar-refractivity contribution in [1.29, 1.82) is 0 Å². The van der Waals surface area contributed by atoms with E-state index < -0.39 is 0 Å². The van der Waals surface area contributed by atoms with Gasteiger partial charge in [-0.15, -0.1) is 0 Å². The number of aromatic nitrogens is 1. The Kier molecular flexibility index (Phi) is 8.01. The van der Waals surface area contributed by atoms with Gasteiger partial charge in [-0.1, -0.05) is 82.9 Å². The first-order chi connectivity index (χ1) is 10.9. The Balaban J connectivity index is 1.59. The first-order valence-corrected chi connectivity index (χ1v) is 9.24. The summed E-state index contributed by atoms with van der Waals surface area (Å²) in [6.45, 7) is 2.28. The lowest BCUT2D eigenvalue weighted by Gasteiger charge is -2.06. The van der Waals surface area contributed by atoms with Gasteiger partial charge >= 0.3 is 0 Å². The van der Waals surface area contributed by atoms with Crippen LogP contribution in [0.4, 0.5) is 0 Å². The molecule has 0 saturated carbocycles. The van der Waals surface area contributed by atoms with Crippen molar-refractivity contribution in [3.05, 3.63) is 42.1 Å². The highest BCUT2D eigenvalue weighted by Gasteiger charge is 2.01. The molecule has 0 fully saturated rings. The molecule has 0 amide bonds. The van der Waals surface area contributed by atoms with E-state index in [4.69, 9.17) is 0 Å². The minimum Gasteiger partial charge on any atom is -0.256 e. The molecule has 1 aromatic heterocycles. The largest absolute Gasteiger partial charge is 0.256 e. The van der Waals surface area contributed by atoms with Crippen LogP contribution in [0.25, 0.3) is 10.9 Å². The lowest BCUT2D eigenvalue weighted by Crippen LogP contribution is -1.89. The molecule has 0 unspecified atom stereocenters. The minimum atomic E-state index is 1.13. The minimum absolute atomic E-state index is 1.13. The van der Waals surface area contributed by atoms with Gasteiger partial charge in [0.2, 0.25) is 0 Å². The molecule has 2 aromatic rings. The van der Waals surface area contributed by atoms with Crippen molar-refractivity contribution in [1.82, 2.24) is 4.98 Å². The topological polar surface area (TPSA) is 12.9 Å². The maximum Gasteiger partial charge on any atom is 0.0704 e. The third-order valence-corrected chi connectivity index (χ3v) is 4.54. The number of benzene rings is 1. The Labute approximate surface area is 136 Å². The number of unbranched alkanes of at least 4 members (excludes halogenated alkanes) is 9. The van der Waals surface area contributed by atoms with Gasteiger partial charge in [0.25, 0.3) is 0 Å². The summed E-state index contributed by atoms with van der Waals surface area (Å²) in [6, 6.07) is 10.8. The molecular formula is C21H31N. The molecular weight excluding hydrogens is 266 g/mol. The molecule has 2 rings (SSSR count).